The Bertz CT molecular complexity index is 1650. The average Bonchev–Trinajstić information content (AvgIpc) is 3.54. The molecule has 0 aliphatic carbocycles. The molecule has 10 heteroatoms. The third-order valence-electron chi connectivity index (χ3n) is 7.41. The summed E-state index contributed by atoms with van der Waals surface area (Å²) in [6.07, 6.45) is 6.14. The van der Waals surface area contributed by atoms with Crippen molar-refractivity contribution < 1.29 is 9.90 Å². The number of carbonyl (C=O) groups is 1. The van der Waals surface area contributed by atoms with Gasteiger partial charge in [0.15, 0.2) is 5.82 Å². The van der Waals surface area contributed by atoms with Gasteiger partial charge >= 0.3 is 6.03 Å². The average molecular weight is 631 g/mol. The van der Waals surface area contributed by atoms with E-state index < -0.39 is 6.03 Å². The number of aryl methyl sites for hydroxylation is 1. The van der Waals surface area contributed by atoms with Gasteiger partial charge in [-0.1, -0.05) is 116 Å². The van der Waals surface area contributed by atoms with E-state index in [4.69, 9.17) is 0 Å². The monoisotopic (exact) mass is 630 g/mol. The van der Waals surface area contributed by atoms with Crippen LogP contribution >= 0.6 is 0 Å². The number of nitrogens with one attached hydrogen (secondary N) is 1. The number of carbonyl (C=O) groups excluding carboxylic acids is 1. The van der Waals surface area contributed by atoms with Gasteiger partial charge in [-0.2, -0.15) is 4.98 Å². The van der Waals surface area contributed by atoms with Crippen LogP contribution < -0.4 is 10.9 Å². The SMILES string of the molecule is CC.CC.CCC/C=C(/NC(=O)N=O)c1ccccc1-c1ccc(Cc2c(CCC)n3nc(CO)nc3n(C(C)CC)c2=O)cc1. The van der Waals surface area contributed by atoms with Crippen LogP contribution in [0.5, 0.6) is 0 Å². The van der Waals surface area contributed by atoms with E-state index in [1.807, 2.05) is 103 Å². The Kier molecular flexibility index (Phi) is 15.7. The van der Waals surface area contributed by atoms with Gasteiger partial charge in [0.25, 0.3) is 5.56 Å². The van der Waals surface area contributed by atoms with Crippen molar-refractivity contribution in [1.82, 2.24) is 24.5 Å². The highest BCUT2D eigenvalue weighted by Crippen LogP contribution is 2.29. The number of urea groups is 1. The predicted octanol–water partition coefficient (Wildman–Crippen LogP) is 8.23. The van der Waals surface area contributed by atoms with Gasteiger partial charge in [0.2, 0.25) is 5.78 Å². The second-order valence-electron chi connectivity index (χ2n) is 10.4. The second-order valence-corrected chi connectivity index (χ2v) is 10.4. The summed E-state index contributed by atoms with van der Waals surface area (Å²) in [6, 6.07) is 14.6. The molecule has 0 fully saturated rings. The zero-order chi connectivity index (χ0) is 34.2. The minimum atomic E-state index is -0.941. The lowest BCUT2D eigenvalue weighted by Crippen LogP contribution is -2.31. The molecule has 1 atom stereocenters. The fraction of sp³-hybridized carbons (Fsp3) is 0.444. The molecule has 2 heterocycles. The molecule has 0 spiro atoms. The van der Waals surface area contributed by atoms with Gasteiger partial charge in [0, 0.05) is 34.5 Å². The molecule has 0 bridgehead atoms. The number of unbranched alkanes of at least 4 members (excludes halogenated alkanes) is 1. The van der Waals surface area contributed by atoms with Crippen molar-refractivity contribution in [3.05, 3.63) is 98.1 Å². The molecule has 10 nitrogen and oxygen atoms in total. The van der Waals surface area contributed by atoms with Crippen molar-refractivity contribution in [3.8, 4) is 11.1 Å². The maximum Gasteiger partial charge on any atom is 0.383 e. The lowest BCUT2D eigenvalue weighted by Gasteiger charge is -2.19. The highest BCUT2D eigenvalue weighted by Gasteiger charge is 2.22. The number of aliphatic hydroxyl groups excluding tert-OH is 1. The Morgan fingerprint density at radius 1 is 1.02 bits per heavy atom. The van der Waals surface area contributed by atoms with Crippen LogP contribution in [0, 0.1) is 4.91 Å². The molecule has 46 heavy (non-hydrogen) atoms. The van der Waals surface area contributed by atoms with Gasteiger partial charge in [-0.25, -0.2) is 9.31 Å². The van der Waals surface area contributed by atoms with E-state index in [0.29, 0.717) is 29.9 Å². The van der Waals surface area contributed by atoms with Gasteiger partial charge in [0.05, 0.1) is 5.69 Å². The summed E-state index contributed by atoms with van der Waals surface area (Å²) in [5.74, 6) is 0.748. The first kappa shape index (κ1) is 37.7. The van der Waals surface area contributed by atoms with Crippen LogP contribution in [0.25, 0.3) is 22.6 Å². The number of aromatic nitrogens is 4. The van der Waals surface area contributed by atoms with Gasteiger partial charge in [-0.3, -0.25) is 9.36 Å². The molecule has 2 amide bonds. The molecule has 0 aliphatic rings. The fourth-order valence-electron chi connectivity index (χ4n) is 5.12. The smallest absolute Gasteiger partial charge is 0.383 e. The summed E-state index contributed by atoms with van der Waals surface area (Å²) in [5.41, 5.74) is 5.50. The van der Waals surface area contributed by atoms with Crippen molar-refractivity contribution >= 4 is 17.5 Å². The van der Waals surface area contributed by atoms with Gasteiger partial charge < -0.3 is 10.4 Å². The lowest BCUT2D eigenvalue weighted by molar-refractivity contribution is 0.252. The number of aliphatic hydroxyl groups is 1. The molecule has 4 rings (SSSR count). The van der Waals surface area contributed by atoms with E-state index >= 15 is 0 Å². The largest absolute Gasteiger partial charge is 0.388 e. The van der Waals surface area contributed by atoms with Crippen molar-refractivity contribution in [1.29, 1.82) is 0 Å². The molecule has 1 unspecified atom stereocenters. The number of nitroso groups, excluding NO2 is 1. The maximum atomic E-state index is 13.9. The van der Waals surface area contributed by atoms with E-state index in [0.717, 1.165) is 53.6 Å². The molecule has 0 aliphatic heterocycles. The van der Waals surface area contributed by atoms with Crippen molar-refractivity contribution in [3.63, 3.8) is 0 Å². The molecule has 0 saturated heterocycles. The third kappa shape index (κ3) is 8.84. The summed E-state index contributed by atoms with van der Waals surface area (Å²) in [5, 5.41) is 19.4. The predicted molar refractivity (Wildman–Crippen MR) is 187 cm³/mol. The van der Waals surface area contributed by atoms with Crippen LogP contribution in [-0.2, 0) is 19.4 Å². The number of rotatable bonds is 12. The molecule has 0 radical (unpaired) electrons. The number of fused-ring (bicyclic) bond motifs is 1. The topological polar surface area (TPSA) is 131 Å². The van der Waals surface area contributed by atoms with Gasteiger partial charge in [0.1, 0.15) is 6.61 Å². The summed E-state index contributed by atoms with van der Waals surface area (Å²) < 4.78 is 3.42. The summed E-state index contributed by atoms with van der Waals surface area (Å²) in [6.45, 7) is 15.8. The molecule has 2 aromatic carbocycles. The molecule has 2 aromatic heterocycles. The standard InChI is InChI=1S/C32H38N6O4.2C2H6/c1-5-8-14-27(33-31(41)36-42)25-13-10-9-12-24(25)23-17-15-22(16-18-23)19-26-28(11-6-2)38-32(34-29(20-39)35-38)37(30(26)40)21(4)7-3;2*1-2/h9-10,12-18,21,39H,5-8,11,19-20H2,1-4H3,(H,33,41);2*1-2H3/b27-14+;;. The second kappa shape index (κ2) is 19.2. The zero-order valence-corrected chi connectivity index (χ0v) is 28.6. The van der Waals surface area contributed by atoms with Crippen molar-refractivity contribution in [2.75, 3.05) is 0 Å². The van der Waals surface area contributed by atoms with Crippen LogP contribution in [0.3, 0.4) is 0 Å². The number of nitrogens with zero attached hydrogens (tertiary/aromatic N) is 5. The van der Waals surface area contributed by atoms with E-state index in [1.165, 1.54) is 0 Å². The Balaban J connectivity index is 0.00000177. The highest BCUT2D eigenvalue weighted by molar-refractivity contribution is 5.90. The molecule has 0 saturated carbocycles. The first-order valence-electron chi connectivity index (χ1n) is 16.5. The highest BCUT2D eigenvalue weighted by atomic mass is 16.3. The van der Waals surface area contributed by atoms with E-state index in [-0.39, 0.29) is 24.0 Å². The van der Waals surface area contributed by atoms with Crippen LogP contribution in [-0.4, -0.2) is 30.3 Å². The lowest BCUT2D eigenvalue weighted by atomic mass is 9.95. The molecular formula is C36H50N6O4. The first-order valence-corrected chi connectivity index (χ1v) is 16.5. The Hall–Kier alpha value is -4.44. The minimum Gasteiger partial charge on any atom is -0.388 e. The van der Waals surface area contributed by atoms with Crippen LogP contribution in [0.15, 0.2) is 64.6 Å². The fourth-order valence-corrected chi connectivity index (χ4v) is 5.12. The van der Waals surface area contributed by atoms with Crippen molar-refractivity contribution in [2.45, 2.75) is 107 Å². The Morgan fingerprint density at radius 3 is 2.28 bits per heavy atom. The maximum absolute atomic E-state index is 13.9. The first-order chi connectivity index (χ1) is 22.4. The number of benzene rings is 2. The quantitative estimate of drug-likeness (QED) is 0.152. The minimum absolute atomic E-state index is 0.0863. The van der Waals surface area contributed by atoms with Crippen LogP contribution in [0.4, 0.5) is 4.79 Å². The summed E-state index contributed by atoms with van der Waals surface area (Å²) >= 11 is 0. The molecule has 4 aromatic rings. The van der Waals surface area contributed by atoms with E-state index in [1.54, 1.807) is 9.08 Å². The molecule has 248 valence electrons. The molecule has 2 N–H and O–H groups in total. The van der Waals surface area contributed by atoms with Gasteiger partial charge in [-0.15, -0.1) is 10.0 Å². The van der Waals surface area contributed by atoms with Crippen LogP contribution in [0.2, 0.25) is 0 Å². The number of hydrogen-bond acceptors (Lipinski definition) is 6. The van der Waals surface area contributed by atoms with Gasteiger partial charge in [-0.05, 0) is 42.9 Å². The third-order valence-corrected chi connectivity index (χ3v) is 7.41. The number of hydrogen-bond donors (Lipinski definition) is 2. The normalized spacial score (nSPS) is 11.6. The summed E-state index contributed by atoms with van der Waals surface area (Å²) in [7, 11) is 0. The number of allylic oxidation sites excluding steroid dienone is 1. The van der Waals surface area contributed by atoms with Crippen LogP contribution in [0.1, 0.15) is 115 Å². The number of amides is 2. The summed E-state index contributed by atoms with van der Waals surface area (Å²) in [4.78, 5) is 41.0. The van der Waals surface area contributed by atoms with E-state index in [2.05, 4.69) is 27.5 Å². The Morgan fingerprint density at radius 2 is 1.70 bits per heavy atom. The zero-order valence-electron chi connectivity index (χ0n) is 28.6. The molecular weight excluding hydrogens is 580 g/mol. The van der Waals surface area contributed by atoms with E-state index in [9.17, 15) is 19.6 Å². The van der Waals surface area contributed by atoms with Crippen molar-refractivity contribution in [2.24, 2.45) is 5.18 Å². The Labute approximate surface area is 272 Å².